The molecule has 5 heteroatoms. The number of ether oxygens (including phenoxy) is 1. The van der Waals surface area contributed by atoms with Crippen LogP contribution in [0, 0.1) is 6.92 Å². The Morgan fingerprint density at radius 3 is 2.62 bits per heavy atom. The highest BCUT2D eigenvalue weighted by atomic mass is 16.5. The highest BCUT2D eigenvalue weighted by Gasteiger charge is 2.12. The van der Waals surface area contributed by atoms with Crippen molar-refractivity contribution in [3.8, 4) is 5.88 Å². The summed E-state index contributed by atoms with van der Waals surface area (Å²) in [5.41, 5.74) is 7.92. The minimum atomic E-state index is 0.587. The largest absolute Gasteiger partial charge is 0.478 e. The number of anilines is 2. The van der Waals surface area contributed by atoms with Crippen LogP contribution >= 0.6 is 0 Å². The van der Waals surface area contributed by atoms with Gasteiger partial charge in [0.15, 0.2) is 0 Å². The van der Waals surface area contributed by atoms with Gasteiger partial charge in [-0.25, -0.2) is 4.98 Å². The minimum Gasteiger partial charge on any atom is -0.478 e. The summed E-state index contributed by atoms with van der Waals surface area (Å²) in [5.74, 6) is 1.23. The third-order valence-electron chi connectivity index (χ3n) is 3.08. The second kappa shape index (κ2) is 7.59. The lowest BCUT2D eigenvalue weighted by Crippen LogP contribution is -2.23. The van der Waals surface area contributed by atoms with Crippen molar-refractivity contribution in [3.05, 3.63) is 42.1 Å². The van der Waals surface area contributed by atoms with E-state index >= 15 is 0 Å². The molecule has 1 aromatic heterocycles. The molecule has 0 radical (unpaired) electrons. The molecule has 2 rings (SSSR count). The molecule has 2 aromatic rings. The molecule has 0 bridgehead atoms. The highest BCUT2D eigenvalue weighted by molar-refractivity contribution is 5.57. The van der Waals surface area contributed by atoms with Crippen LogP contribution in [0.2, 0.25) is 0 Å². The number of hydrogen-bond donors (Lipinski definition) is 1. The van der Waals surface area contributed by atoms with Crippen molar-refractivity contribution in [1.29, 1.82) is 0 Å². The van der Waals surface area contributed by atoms with Crippen LogP contribution in [0.5, 0.6) is 5.88 Å². The number of rotatable bonds is 7. The molecule has 0 fully saturated rings. The first kappa shape index (κ1) is 15.3. The lowest BCUT2D eigenvalue weighted by Gasteiger charge is -2.23. The van der Waals surface area contributed by atoms with Crippen molar-refractivity contribution in [2.75, 3.05) is 24.6 Å². The van der Waals surface area contributed by atoms with E-state index in [2.05, 4.69) is 46.1 Å². The second-order valence-electron chi connectivity index (χ2n) is 4.76. The van der Waals surface area contributed by atoms with Crippen molar-refractivity contribution >= 4 is 11.6 Å². The summed E-state index contributed by atoms with van der Waals surface area (Å²) in [6, 6.07) is 10.1. The number of benzene rings is 1. The van der Waals surface area contributed by atoms with Gasteiger partial charge in [0.25, 0.3) is 0 Å². The predicted molar refractivity (Wildman–Crippen MR) is 85.1 cm³/mol. The molecule has 1 aromatic carbocycles. The van der Waals surface area contributed by atoms with Gasteiger partial charge in [0.05, 0.1) is 6.61 Å². The molecule has 2 N–H and O–H groups in total. The molecule has 112 valence electrons. The van der Waals surface area contributed by atoms with Gasteiger partial charge in [0.2, 0.25) is 11.8 Å². The molecule has 0 saturated carbocycles. The molecular weight excluding hydrogens is 264 g/mol. The number of hydrogen-bond acceptors (Lipinski definition) is 5. The first-order valence-electron chi connectivity index (χ1n) is 7.24. The third-order valence-corrected chi connectivity index (χ3v) is 3.08. The number of nitrogens with zero attached hydrogens (tertiary/aromatic N) is 3. The molecule has 0 unspecified atom stereocenters. The zero-order valence-corrected chi connectivity index (χ0v) is 12.6. The van der Waals surface area contributed by atoms with Crippen LogP contribution in [0.1, 0.15) is 18.9 Å². The van der Waals surface area contributed by atoms with Crippen LogP contribution in [0.3, 0.4) is 0 Å². The molecule has 0 aliphatic carbocycles. The van der Waals surface area contributed by atoms with Crippen LogP contribution in [0.25, 0.3) is 0 Å². The van der Waals surface area contributed by atoms with Gasteiger partial charge < -0.3 is 15.4 Å². The van der Waals surface area contributed by atoms with E-state index in [0.29, 0.717) is 25.0 Å². The summed E-state index contributed by atoms with van der Waals surface area (Å²) in [7, 11) is 0. The summed E-state index contributed by atoms with van der Waals surface area (Å²) >= 11 is 0. The van der Waals surface area contributed by atoms with Crippen molar-refractivity contribution in [2.24, 2.45) is 5.73 Å². The molecule has 0 amide bonds. The van der Waals surface area contributed by atoms with Gasteiger partial charge in [-0.05, 0) is 38.9 Å². The van der Waals surface area contributed by atoms with Crippen LogP contribution < -0.4 is 15.4 Å². The molecule has 0 saturated heterocycles. The van der Waals surface area contributed by atoms with Crippen LogP contribution in [-0.2, 0) is 0 Å². The molecule has 0 atom stereocenters. The molecule has 21 heavy (non-hydrogen) atoms. The fourth-order valence-electron chi connectivity index (χ4n) is 2.01. The topological polar surface area (TPSA) is 64.3 Å². The smallest absolute Gasteiger partial charge is 0.233 e. The van der Waals surface area contributed by atoms with Crippen molar-refractivity contribution in [2.45, 2.75) is 20.3 Å². The Morgan fingerprint density at radius 2 is 1.95 bits per heavy atom. The zero-order chi connectivity index (χ0) is 15.1. The zero-order valence-electron chi connectivity index (χ0n) is 12.6. The Morgan fingerprint density at radius 1 is 1.19 bits per heavy atom. The van der Waals surface area contributed by atoms with Gasteiger partial charge in [-0.2, -0.15) is 4.98 Å². The van der Waals surface area contributed by atoms with E-state index in [4.69, 9.17) is 10.5 Å². The van der Waals surface area contributed by atoms with Gasteiger partial charge in [0, 0.05) is 24.5 Å². The monoisotopic (exact) mass is 286 g/mol. The van der Waals surface area contributed by atoms with E-state index in [1.807, 2.05) is 6.92 Å². The molecule has 5 nitrogen and oxygen atoms in total. The quantitative estimate of drug-likeness (QED) is 0.847. The maximum absolute atomic E-state index is 5.64. The Labute approximate surface area is 125 Å². The van der Waals surface area contributed by atoms with E-state index in [1.54, 1.807) is 12.3 Å². The number of nitrogens with two attached hydrogens (primary N) is 1. The van der Waals surface area contributed by atoms with Crippen molar-refractivity contribution in [3.63, 3.8) is 0 Å². The van der Waals surface area contributed by atoms with Gasteiger partial charge in [-0.3, -0.25) is 0 Å². The van der Waals surface area contributed by atoms with Gasteiger partial charge in [0.1, 0.15) is 0 Å². The van der Waals surface area contributed by atoms with Gasteiger partial charge in [-0.1, -0.05) is 17.7 Å². The first-order valence-corrected chi connectivity index (χ1v) is 7.24. The summed E-state index contributed by atoms with van der Waals surface area (Å²) in [4.78, 5) is 10.9. The average molecular weight is 286 g/mol. The minimum absolute atomic E-state index is 0.587. The van der Waals surface area contributed by atoms with Gasteiger partial charge in [-0.15, -0.1) is 0 Å². The fourth-order valence-corrected chi connectivity index (χ4v) is 2.01. The highest BCUT2D eigenvalue weighted by Crippen LogP contribution is 2.24. The van der Waals surface area contributed by atoms with Crippen LogP contribution in [0.15, 0.2) is 36.5 Å². The third kappa shape index (κ3) is 4.16. The van der Waals surface area contributed by atoms with E-state index in [9.17, 15) is 0 Å². The Hall–Kier alpha value is -2.14. The average Bonchev–Trinajstić information content (AvgIpc) is 2.50. The van der Waals surface area contributed by atoms with E-state index < -0.39 is 0 Å². The van der Waals surface area contributed by atoms with Crippen molar-refractivity contribution < 1.29 is 4.74 Å². The van der Waals surface area contributed by atoms with Crippen LogP contribution in [-0.4, -0.2) is 29.7 Å². The van der Waals surface area contributed by atoms with E-state index in [0.717, 1.165) is 18.7 Å². The number of aromatic nitrogens is 2. The Kier molecular flexibility index (Phi) is 5.51. The molecule has 0 spiro atoms. The number of aryl methyl sites for hydroxylation is 1. The van der Waals surface area contributed by atoms with E-state index in [-0.39, 0.29) is 0 Å². The Balaban J connectivity index is 2.30. The maximum atomic E-state index is 5.64. The lowest BCUT2D eigenvalue weighted by atomic mass is 10.2. The first-order chi connectivity index (χ1) is 10.2. The standard InChI is InChI=1S/C16H22N4O/c1-3-21-15-9-11-18-16(19-15)20(12-4-10-17)14-7-5-13(2)6-8-14/h5-9,11H,3-4,10,12,17H2,1-2H3. The van der Waals surface area contributed by atoms with Crippen LogP contribution in [0.4, 0.5) is 11.6 Å². The summed E-state index contributed by atoms with van der Waals surface area (Å²) in [5, 5.41) is 0. The second-order valence-corrected chi connectivity index (χ2v) is 4.76. The predicted octanol–water partition coefficient (Wildman–Crippen LogP) is 2.67. The molecule has 1 heterocycles. The van der Waals surface area contributed by atoms with Gasteiger partial charge >= 0.3 is 0 Å². The lowest BCUT2D eigenvalue weighted by molar-refractivity contribution is 0.326. The molecule has 0 aliphatic rings. The molecule has 0 aliphatic heterocycles. The van der Waals surface area contributed by atoms with E-state index in [1.165, 1.54) is 5.56 Å². The summed E-state index contributed by atoms with van der Waals surface area (Å²) in [6.07, 6.45) is 2.59. The summed E-state index contributed by atoms with van der Waals surface area (Å²) < 4.78 is 5.45. The molecular formula is C16H22N4O. The fraction of sp³-hybridized carbons (Fsp3) is 0.375. The normalized spacial score (nSPS) is 10.4. The SMILES string of the molecule is CCOc1ccnc(N(CCCN)c2ccc(C)cc2)n1. The maximum Gasteiger partial charge on any atom is 0.233 e. The Bertz CT molecular complexity index is 556. The summed E-state index contributed by atoms with van der Waals surface area (Å²) in [6.45, 7) is 6.00. The van der Waals surface area contributed by atoms with Crippen molar-refractivity contribution in [1.82, 2.24) is 9.97 Å².